The van der Waals surface area contributed by atoms with Crippen LogP contribution in [0.15, 0.2) is 60.7 Å². The van der Waals surface area contributed by atoms with Crippen molar-refractivity contribution in [2.45, 2.75) is 103 Å². The molecule has 6 aromatic rings. The SMILES string of the molecule is CCc1cc2c(cc1N1CCC(N3CCOCC3)CC1)C(C)(C)c1[nH]c3cc(C#N)ccc3c1C2=O.CCc1cc2c(cc1N1CCC(N3CCOCC3)CC1)C(C)(C)c1[nH]c3cc(C#N)ccc3c1C2=O. The van der Waals surface area contributed by atoms with Crippen LogP contribution >= 0.6 is 0 Å². The summed E-state index contributed by atoms with van der Waals surface area (Å²) in [4.78, 5) is 45.1. The Balaban J connectivity index is 0.000000156. The number of aromatic amines is 2. The summed E-state index contributed by atoms with van der Waals surface area (Å²) in [6.45, 7) is 24.9. The van der Waals surface area contributed by atoms with Crippen molar-refractivity contribution in [3.8, 4) is 12.1 Å². The first-order valence-corrected chi connectivity index (χ1v) is 26.5. The van der Waals surface area contributed by atoms with Crippen molar-refractivity contribution in [3.63, 3.8) is 0 Å². The van der Waals surface area contributed by atoms with Gasteiger partial charge in [0.15, 0.2) is 11.6 Å². The van der Waals surface area contributed by atoms with Crippen LogP contribution < -0.4 is 9.80 Å². The van der Waals surface area contributed by atoms with Gasteiger partial charge >= 0.3 is 0 Å². The number of fused-ring (bicyclic) bond motifs is 8. The molecule has 6 heterocycles. The van der Waals surface area contributed by atoms with E-state index in [9.17, 15) is 20.1 Å². The number of morpholine rings is 2. The topological polar surface area (TPSA) is 145 Å². The minimum absolute atomic E-state index is 0.0857. The van der Waals surface area contributed by atoms with Crippen LogP contribution in [-0.4, -0.2) is 122 Å². The van der Waals surface area contributed by atoms with Crippen molar-refractivity contribution in [2.75, 3.05) is 88.6 Å². The van der Waals surface area contributed by atoms with Gasteiger partial charge in [-0.25, -0.2) is 0 Å². The Morgan fingerprint density at radius 3 is 1.28 bits per heavy atom. The Hall–Kier alpha value is -6.28. The van der Waals surface area contributed by atoms with Crippen LogP contribution in [-0.2, 0) is 33.1 Å². The second kappa shape index (κ2) is 19.0. The highest BCUT2D eigenvalue weighted by molar-refractivity contribution is 6.21. The van der Waals surface area contributed by atoms with Crippen LogP contribution in [0.5, 0.6) is 0 Å². The molecule has 0 bridgehead atoms. The Morgan fingerprint density at radius 1 is 0.556 bits per heavy atom. The molecule has 0 radical (unpaired) electrons. The number of rotatable bonds is 6. The summed E-state index contributed by atoms with van der Waals surface area (Å²) in [6, 6.07) is 25.7. The van der Waals surface area contributed by atoms with Gasteiger partial charge in [-0.15, -0.1) is 0 Å². The third-order valence-electron chi connectivity index (χ3n) is 17.3. The smallest absolute Gasteiger partial charge is 0.195 e. The van der Waals surface area contributed by atoms with E-state index < -0.39 is 0 Å². The third kappa shape index (κ3) is 8.12. The number of nitriles is 2. The summed E-state index contributed by atoms with van der Waals surface area (Å²) in [5, 5.41) is 20.5. The molecular weight excluding hydrogens is 897 g/mol. The minimum Gasteiger partial charge on any atom is -0.379 e. The maximum Gasteiger partial charge on any atom is 0.195 e. The van der Waals surface area contributed by atoms with Crippen LogP contribution in [0.2, 0.25) is 0 Å². The number of hydrogen-bond donors (Lipinski definition) is 2. The molecule has 12 rings (SSSR count). The Kier molecular flexibility index (Phi) is 12.6. The molecule has 6 aliphatic rings. The predicted octanol–water partition coefficient (Wildman–Crippen LogP) is 9.55. The Morgan fingerprint density at radius 2 is 0.931 bits per heavy atom. The van der Waals surface area contributed by atoms with E-state index in [4.69, 9.17) is 9.47 Å². The van der Waals surface area contributed by atoms with Crippen molar-refractivity contribution < 1.29 is 19.1 Å². The molecule has 2 N–H and O–H groups in total. The molecule has 0 atom stereocenters. The van der Waals surface area contributed by atoms with Gasteiger partial charge in [0, 0.05) is 131 Å². The van der Waals surface area contributed by atoms with Crippen LogP contribution in [0, 0.1) is 22.7 Å². The molecule has 72 heavy (non-hydrogen) atoms. The number of carbonyl (C=O) groups excluding carboxylic acids is 2. The van der Waals surface area contributed by atoms with E-state index in [-0.39, 0.29) is 22.4 Å². The van der Waals surface area contributed by atoms with Crippen LogP contribution in [0.3, 0.4) is 0 Å². The Labute approximate surface area is 423 Å². The van der Waals surface area contributed by atoms with Gasteiger partial charge in [-0.2, -0.15) is 10.5 Å². The molecule has 4 aromatic carbocycles. The van der Waals surface area contributed by atoms with Crippen LogP contribution in [0.25, 0.3) is 21.8 Å². The number of piperidine rings is 2. The molecule has 372 valence electrons. The average molecular weight is 965 g/mol. The van der Waals surface area contributed by atoms with Crippen molar-refractivity contribution >= 4 is 44.7 Å². The van der Waals surface area contributed by atoms with Gasteiger partial charge < -0.3 is 29.2 Å². The summed E-state index contributed by atoms with van der Waals surface area (Å²) < 4.78 is 11.1. The van der Waals surface area contributed by atoms with Gasteiger partial charge in [0.1, 0.15) is 0 Å². The molecule has 2 aliphatic carbocycles. The lowest BCUT2D eigenvalue weighted by atomic mass is 9.70. The van der Waals surface area contributed by atoms with Gasteiger partial charge in [0.25, 0.3) is 0 Å². The lowest BCUT2D eigenvalue weighted by Gasteiger charge is -2.42. The van der Waals surface area contributed by atoms with Crippen molar-refractivity contribution in [3.05, 3.63) is 128 Å². The zero-order valence-corrected chi connectivity index (χ0v) is 43.0. The molecule has 2 aromatic heterocycles. The van der Waals surface area contributed by atoms with E-state index in [0.717, 1.165) is 184 Å². The zero-order chi connectivity index (χ0) is 50.1. The normalized spacial score (nSPS) is 20.3. The van der Waals surface area contributed by atoms with Gasteiger partial charge in [-0.1, -0.05) is 53.7 Å². The Bertz CT molecular complexity index is 2980. The van der Waals surface area contributed by atoms with Crippen molar-refractivity contribution in [1.82, 2.24) is 19.8 Å². The van der Waals surface area contributed by atoms with E-state index in [1.807, 2.05) is 24.3 Å². The first-order valence-electron chi connectivity index (χ1n) is 26.5. The standard InChI is InChI=1S/2C30H34N4O2/c2*1-4-20-16-23-24(17-26(20)34-9-7-21(8-10-34)33-11-13-36-14-12-33)30(2,3)29-27(28(23)35)22-6-5-19(18-31)15-25(22)32-29/h2*5-6,15-17,21,32H,4,7-14H2,1-3H3. The lowest BCUT2D eigenvalue weighted by Crippen LogP contribution is -2.49. The average Bonchev–Trinajstić information content (AvgIpc) is 4.02. The second-order valence-electron chi connectivity index (χ2n) is 21.9. The fourth-order valence-corrected chi connectivity index (χ4v) is 13.1. The number of ketones is 2. The molecule has 0 amide bonds. The van der Waals surface area contributed by atoms with Gasteiger partial charge in [-0.05, 0) is 109 Å². The van der Waals surface area contributed by atoms with E-state index in [0.29, 0.717) is 23.2 Å². The number of aromatic nitrogens is 2. The minimum atomic E-state index is -0.350. The first-order chi connectivity index (χ1) is 34.8. The van der Waals surface area contributed by atoms with E-state index in [1.54, 1.807) is 12.1 Å². The van der Waals surface area contributed by atoms with Crippen molar-refractivity contribution in [2.24, 2.45) is 0 Å². The summed E-state index contributed by atoms with van der Waals surface area (Å²) in [7, 11) is 0. The van der Waals surface area contributed by atoms with Crippen molar-refractivity contribution in [1.29, 1.82) is 10.5 Å². The zero-order valence-electron chi connectivity index (χ0n) is 43.0. The largest absolute Gasteiger partial charge is 0.379 e. The predicted molar refractivity (Wildman–Crippen MR) is 284 cm³/mol. The molecule has 0 unspecified atom stereocenters. The summed E-state index contributed by atoms with van der Waals surface area (Å²) in [5.74, 6) is 0.171. The van der Waals surface area contributed by atoms with E-state index in [2.05, 4.69) is 108 Å². The van der Waals surface area contributed by atoms with Gasteiger partial charge in [-0.3, -0.25) is 19.4 Å². The number of carbonyl (C=O) groups is 2. The number of aryl methyl sites for hydroxylation is 2. The number of hydrogen-bond acceptors (Lipinski definition) is 10. The highest BCUT2D eigenvalue weighted by atomic mass is 16.5. The van der Waals surface area contributed by atoms with Gasteiger partial charge in [0.05, 0.1) is 60.8 Å². The molecule has 0 saturated carbocycles. The van der Waals surface area contributed by atoms with Crippen LogP contribution in [0.4, 0.5) is 11.4 Å². The number of nitrogens with zero attached hydrogens (tertiary/aromatic N) is 6. The third-order valence-corrected chi connectivity index (χ3v) is 17.3. The number of ether oxygens (including phenoxy) is 2. The number of anilines is 2. The molecule has 12 heteroatoms. The highest BCUT2D eigenvalue weighted by Crippen LogP contribution is 2.48. The summed E-state index contributed by atoms with van der Waals surface area (Å²) in [5.41, 5.74) is 14.5. The fourth-order valence-electron chi connectivity index (χ4n) is 13.1. The highest BCUT2D eigenvalue weighted by Gasteiger charge is 2.43. The molecule has 4 aliphatic heterocycles. The first kappa shape index (κ1) is 48.0. The monoisotopic (exact) mass is 965 g/mol. The summed E-state index contributed by atoms with van der Waals surface area (Å²) >= 11 is 0. The van der Waals surface area contributed by atoms with E-state index in [1.165, 1.54) is 22.5 Å². The molecule has 4 fully saturated rings. The number of benzene rings is 4. The number of H-pyrrole nitrogens is 2. The lowest BCUT2D eigenvalue weighted by molar-refractivity contribution is 0.0115. The van der Waals surface area contributed by atoms with Gasteiger partial charge in [0.2, 0.25) is 0 Å². The maximum absolute atomic E-state index is 13.9. The molecular formula is C60H68N8O4. The van der Waals surface area contributed by atoms with Crippen LogP contribution in [0.1, 0.15) is 144 Å². The molecule has 12 nitrogen and oxygen atoms in total. The molecule has 0 spiro atoms. The second-order valence-corrected chi connectivity index (χ2v) is 21.9. The maximum atomic E-state index is 13.9. The quantitative estimate of drug-likeness (QED) is 0.166. The van der Waals surface area contributed by atoms with E-state index >= 15 is 0 Å². The number of nitrogens with one attached hydrogen (secondary N) is 2. The summed E-state index contributed by atoms with van der Waals surface area (Å²) in [6.07, 6.45) is 6.44. The fraction of sp³-hybridized carbons (Fsp3) is 0.467. The molecule has 4 saturated heterocycles.